The summed E-state index contributed by atoms with van der Waals surface area (Å²) in [5.41, 5.74) is 5.32. The number of nitrogens with one attached hydrogen (secondary N) is 1. The summed E-state index contributed by atoms with van der Waals surface area (Å²) in [6.07, 6.45) is 7.70. The van der Waals surface area contributed by atoms with E-state index in [9.17, 15) is 0 Å². The van der Waals surface area contributed by atoms with Gasteiger partial charge in [-0.25, -0.2) is 0 Å². The van der Waals surface area contributed by atoms with E-state index in [0.29, 0.717) is 11.2 Å². The average molecular weight is 156 g/mol. The van der Waals surface area contributed by atoms with E-state index in [1.54, 1.807) is 0 Å². The molecule has 0 spiro atoms. The van der Waals surface area contributed by atoms with Gasteiger partial charge in [-0.05, 0) is 31.5 Å². The summed E-state index contributed by atoms with van der Waals surface area (Å²) in [4.78, 5) is 0. The molecule has 0 bridgehead atoms. The quantitative estimate of drug-likeness (QED) is 0.438. The van der Waals surface area contributed by atoms with Gasteiger partial charge in [0.05, 0.1) is 0 Å². The first kappa shape index (κ1) is 7.54. The lowest BCUT2D eigenvalue weighted by Crippen LogP contribution is -2.38. The Bertz CT molecular complexity index is 154. The van der Waals surface area contributed by atoms with Crippen molar-refractivity contribution in [1.82, 2.24) is 5.32 Å². The van der Waals surface area contributed by atoms with Crippen molar-refractivity contribution in [3.63, 3.8) is 0 Å². The van der Waals surface area contributed by atoms with Gasteiger partial charge in [-0.1, -0.05) is 12.2 Å². The Labute approximate surface area is 66.5 Å². The second kappa shape index (κ2) is 3.56. The van der Waals surface area contributed by atoms with Crippen molar-refractivity contribution in [1.29, 1.82) is 0 Å². The van der Waals surface area contributed by atoms with E-state index >= 15 is 0 Å². The van der Waals surface area contributed by atoms with Crippen LogP contribution < -0.4 is 11.1 Å². The Hall–Kier alpha value is -0.570. The summed E-state index contributed by atoms with van der Waals surface area (Å²) in [6.45, 7) is 0. The van der Waals surface area contributed by atoms with Crippen LogP contribution in [0.25, 0.3) is 0 Å². The summed E-state index contributed by atoms with van der Waals surface area (Å²) in [5.74, 6) is 0. The van der Waals surface area contributed by atoms with E-state index < -0.39 is 0 Å². The molecule has 1 unspecified atom stereocenters. The minimum atomic E-state index is 0.417. The summed E-state index contributed by atoms with van der Waals surface area (Å²) in [5, 5.41) is 3.46. The van der Waals surface area contributed by atoms with Crippen molar-refractivity contribution in [3.05, 3.63) is 12.2 Å². The highest BCUT2D eigenvalue weighted by Gasteiger charge is 2.08. The first-order chi connectivity index (χ1) is 4.79. The third kappa shape index (κ3) is 2.35. The minimum absolute atomic E-state index is 0.417. The molecule has 0 aromatic carbocycles. The van der Waals surface area contributed by atoms with Crippen LogP contribution in [0.1, 0.15) is 19.3 Å². The van der Waals surface area contributed by atoms with Gasteiger partial charge in [-0.2, -0.15) is 0 Å². The molecule has 2 nitrogen and oxygen atoms in total. The Kier molecular flexibility index (Phi) is 2.68. The molecule has 0 aromatic heterocycles. The van der Waals surface area contributed by atoms with Crippen molar-refractivity contribution in [2.24, 2.45) is 5.73 Å². The van der Waals surface area contributed by atoms with Gasteiger partial charge in [0.1, 0.15) is 0 Å². The molecule has 3 N–H and O–H groups in total. The maximum atomic E-state index is 5.32. The van der Waals surface area contributed by atoms with E-state index in [1.807, 2.05) is 0 Å². The van der Waals surface area contributed by atoms with Gasteiger partial charge in [-0.3, -0.25) is 0 Å². The maximum absolute atomic E-state index is 5.32. The zero-order chi connectivity index (χ0) is 7.40. The summed E-state index contributed by atoms with van der Waals surface area (Å²) in [6, 6.07) is 0.475. The highest BCUT2D eigenvalue weighted by molar-refractivity contribution is 7.80. The number of nitrogens with two attached hydrogens (primary N) is 1. The van der Waals surface area contributed by atoms with Crippen LogP contribution in [0.2, 0.25) is 0 Å². The molecule has 3 heteroatoms. The van der Waals surface area contributed by atoms with Crippen molar-refractivity contribution < 1.29 is 0 Å². The smallest absolute Gasteiger partial charge is 0.163 e. The van der Waals surface area contributed by atoms with Crippen LogP contribution in [-0.2, 0) is 0 Å². The van der Waals surface area contributed by atoms with Crippen LogP contribution in [0.15, 0.2) is 12.2 Å². The van der Waals surface area contributed by atoms with Gasteiger partial charge < -0.3 is 11.1 Å². The van der Waals surface area contributed by atoms with Crippen LogP contribution in [0.5, 0.6) is 0 Å². The van der Waals surface area contributed by atoms with Gasteiger partial charge >= 0.3 is 0 Å². The van der Waals surface area contributed by atoms with E-state index in [0.717, 1.165) is 19.3 Å². The number of rotatable bonds is 1. The van der Waals surface area contributed by atoms with Crippen molar-refractivity contribution in [2.75, 3.05) is 0 Å². The molecule has 1 aliphatic carbocycles. The predicted octanol–water partition coefficient (Wildman–Crippen LogP) is 0.928. The fourth-order valence-corrected chi connectivity index (χ4v) is 1.29. The lowest BCUT2D eigenvalue weighted by molar-refractivity contribution is 0.554. The number of hydrogen-bond acceptors (Lipinski definition) is 1. The monoisotopic (exact) mass is 156 g/mol. The molecule has 0 aliphatic heterocycles. The topological polar surface area (TPSA) is 38.0 Å². The predicted molar refractivity (Wildman–Crippen MR) is 46.7 cm³/mol. The van der Waals surface area contributed by atoms with Crippen molar-refractivity contribution in [3.8, 4) is 0 Å². The van der Waals surface area contributed by atoms with Gasteiger partial charge in [0, 0.05) is 6.04 Å². The summed E-state index contributed by atoms with van der Waals surface area (Å²) in [7, 11) is 0. The third-order valence-corrected chi connectivity index (χ3v) is 1.73. The SMILES string of the molecule is NC(=S)NC1CC=CCC1. The van der Waals surface area contributed by atoms with Crippen LogP contribution >= 0.6 is 12.2 Å². The summed E-state index contributed by atoms with van der Waals surface area (Å²) >= 11 is 4.72. The molecule has 0 heterocycles. The van der Waals surface area contributed by atoms with Crippen LogP contribution in [-0.4, -0.2) is 11.2 Å². The number of allylic oxidation sites excluding steroid dienone is 1. The number of hydrogen-bond donors (Lipinski definition) is 2. The lowest BCUT2D eigenvalue weighted by Gasteiger charge is -2.18. The average Bonchev–Trinajstić information content (AvgIpc) is 1.88. The van der Waals surface area contributed by atoms with Crippen LogP contribution in [0, 0.1) is 0 Å². The second-order valence-electron chi connectivity index (χ2n) is 2.49. The zero-order valence-corrected chi connectivity index (χ0v) is 6.66. The van der Waals surface area contributed by atoms with Crippen LogP contribution in [0.4, 0.5) is 0 Å². The third-order valence-electron chi connectivity index (χ3n) is 1.62. The Morgan fingerprint density at radius 1 is 1.60 bits per heavy atom. The molecular weight excluding hydrogens is 144 g/mol. The Morgan fingerprint density at radius 3 is 2.90 bits per heavy atom. The van der Waals surface area contributed by atoms with E-state index in [4.69, 9.17) is 18.0 Å². The maximum Gasteiger partial charge on any atom is 0.163 e. The first-order valence-electron chi connectivity index (χ1n) is 3.50. The fraction of sp³-hybridized carbons (Fsp3) is 0.571. The molecule has 0 radical (unpaired) electrons. The van der Waals surface area contributed by atoms with E-state index in [-0.39, 0.29) is 0 Å². The van der Waals surface area contributed by atoms with Gasteiger partial charge in [0.2, 0.25) is 0 Å². The summed E-state index contributed by atoms with van der Waals surface area (Å²) < 4.78 is 0. The molecule has 1 rings (SSSR count). The highest BCUT2D eigenvalue weighted by Crippen LogP contribution is 2.09. The largest absolute Gasteiger partial charge is 0.376 e. The molecule has 0 fully saturated rings. The molecule has 0 amide bonds. The normalized spacial score (nSPS) is 24.2. The molecule has 10 heavy (non-hydrogen) atoms. The standard InChI is InChI=1S/C7H12N2S/c8-7(10)9-6-4-2-1-3-5-6/h1-2,6H,3-5H2,(H3,8,9,10). The zero-order valence-electron chi connectivity index (χ0n) is 5.84. The fourth-order valence-electron chi connectivity index (χ4n) is 1.13. The molecular formula is C7H12N2S. The molecule has 0 aromatic rings. The number of thiocarbonyl (C=S) groups is 1. The Balaban J connectivity index is 2.28. The molecule has 1 aliphatic rings. The van der Waals surface area contributed by atoms with Gasteiger partial charge in [0.15, 0.2) is 5.11 Å². The van der Waals surface area contributed by atoms with Crippen molar-refractivity contribution >= 4 is 17.3 Å². The molecule has 0 saturated carbocycles. The molecule has 1 atom stereocenters. The Morgan fingerprint density at radius 2 is 2.40 bits per heavy atom. The molecule has 0 saturated heterocycles. The van der Waals surface area contributed by atoms with Crippen molar-refractivity contribution in [2.45, 2.75) is 25.3 Å². The van der Waals surface area contributed by atoms with E-state index in [2.05, 4.69) is 17.5 Å². The molecule has 56 valence electrons. The van der Waals surface area contributed by atoms with Gasteiger partial charge in [-0.15, -0.1) is 0 Å². The van der Waals surface area contributed by atoms with E-state index in [1.165, 1.54) is 0 Å². The minimum Gasteiger partial charge on any atom is -0.376 e. The highest BCUT2D eigenvalue weighted by atomic mass is 32.1. The van der Waals surface area contributed by atoms with Crippen LogP contribution in [0.3, 0.4) is 0 Å². The first-order valence-corrected chi connectivity index (χ1v) is 3.91. The van der Waals surface area contributed by atoms with Gasteiger partial charge in [0.25, 0.3) is 0 Å². The lowest BCUT2D eigenvalue weighted by atomic mass is 10.0. The second-order valence-corrected chi connectivity index (χ2v) is 2.93.